The number of hydrogen-bond donors (Lipinski definition) is 1. The molecule has 31 heavy (non-hydrogen) atoms. The van der Waals surface area contributed by atoms with Crippen LogP contribution in [0.3, 0.4) is 0 Å². The summed E-state index contributed by atoms with van der Waals surface area (Å²) in [6, 6.07) is 12.3. The number of carbonyl (C=O) groups excluding carboxylic acids is 2. The van der Waals surface area contributed by atoms with Gasteiger partial charge >= 0.3 is 0 Å². The Bertz CT molecular complexity index is 1100. The van der Waals surface area contributed by atoms with Crippen molar-refractivity contribution in [3.05, 3.63) is 76.2 Å². The van der Waals surface area contributed by atoms with Crippen molar-refractivity contribution in [3.63, 3.8) is 0 Å². The number of rotatable bonds is 7. The number of nitrogens with one attached hydrogen (secondary N) is 1. The fourth-order valence-electron chi connectivity index (χ4n) is 3.46. The summed E-state index contributed by atoms with van der Waals surface area (Å²) >= 11 is 11.9. The minimum atomic E-state index is -0.102. The van der Waals surface area contributed by atoms with Crippen LogP contribution in [0, 0.1) is 0 Å². The number of benzene rings is 2. The average molecular weight is 459 g/mol. The van der Waals surface area contributed by atoms with Gasteiger partial charge in [-0.1, -0.05) is 23.2 Å². The number of amides is 2. The van der Waals surface area contributed by atoms with E-state index in [-0.39, 0.29) is 11.8 Å². The molecule has 0 aliphatic carbocycles. The molecule has 2 heterocycles. The SMILES string of the molecule is O=C(CCCOc1ccc(Cl)cc1Cl)Nc1ccc2c(c1)CCN2C(=O)c1ccoc1. The molecule has 1 N–H and O–H groups in total. The number of halogens is 2. The molecule has 6 nitrogen and oxygen atoms in total. The number of nitrogens with zero attached hydrogens (tertiary/aromatic N) is 1. The van der Waals surface area contributed by atoms with Crippen LogP contribution in [-0.4, -0.2) is 25.0 Å². The first-order valence-electron chi connectivity index (χ1n) is 9.86. The molecule has 0 radical (unpaired) electrons. The molecule has 3 aromatic rings. The normalized spacial score (nSPS) is 12.5. The molecule has 0 bridgehead atoms. The molecule has 1 aliphatic rings. The van der Waals surface area contributed by atoms with E-state index in [1.54, 1.807) is 29.2 Å². The molecular weight excluding hydrogens is 439 g/mol. The predicted molar refractivity (Wildman–Crippen MR) is 120 cm³/mol. The molecule has 8 heteroatoms. The number of ether oxygens (including phenoxy) is 1. The fourth-order valence-corrected chi connectivity index (χ4v) is 3.93. The highest BCUT2D eigenvalue weighted by Crippen LogP contribution is 2.32. The van der Waals surface area contributed by atoms with Crippen molar-refractivity contribution >= 4 is 46.4 Å². The van der Waals surface area contributed by atoms with Gasteiger partial charge in [0.05, 0.1) is 23.5 Å². The van der Waals surface area contributed by atoms with Gasteiger partial charge in [0.15, 0.2) is 0 Å². The number of furan rings is 1. The summed E-state index contributed by atoms with van der Waals surface area (Å²) in [5.41, 5.74) is 3.11. The van der Waals surface area contributed by atoms with E-state index < -0.39 is 0 Å². The van der Waals surface area contributed by atoms with E-state index in [2.05, 4.69) is 5.32 Å². The van der Waals surface area contributed by atoms with Gasteiger partial charge in [-0.25, -0.2) is 0 Å². The van der Waals surface area contributed by atoms with E-state index in [1.165, 1.54) is 12.5 Å². The lowest BCUT2D eigenvalue weighted by molar-refractivity contribution is -0.116. The molecule has 0 atom stereocenters. The van der Waals surface area contributed by atoms with Crippen LogP contribution < -0.4 is 15.0 Å². The molecular formula is C23H20Cl2N2O4. The third-order valence-corrected chi connectivity index (χ3v) is 5.50. The summed E-state index contributed by atoms with van der Waals surface area (Å²) in [5.74, 6) is 0.347. The smallest absolute Gasteiger partial charge is 0.261 e. The zero-order chi connectivity index (χ0) is 21.8. The van der Waals surface area contributed by atoms with Crippen LogP contribution in [-0.2, 0) is 11.2 Å². The van der Waals surface area contributed by atoms with Crippen LogP contribution in [0.5, 0.6) is 5.75 Å². The Morgan fingerprint density at radius 2 is 2.00 bits per heavy atom. The quantitative estimate of drug-likeness (QED) is 0.468. The zero-order valence-electron chi connectivity index (χ0n) is 16.6. The number of fused-ring (bicyclic) bond motifs is 1. The molecule has 0 saturated carbocycles. The molecule has 0 fully saturated rings. The maximum Gasteiger partial charge on any atom is 0.261 e. The summed E-state index contributed by atoms with van der Waals surface area (Å²) in [5, 5.41) is 3.89. The van der Waals surface area contributed by atoms with Gasteiger partial charge in [-0.3, -0.25) is 9.59 Å². The van der Waals surface area contributed by atoms with Gasteiger partial charge in [0.25, 0.3) is 5.91 Å². The number of hydrogen-bond acceptors (Lipinski definition) is 4. The van der Waals surface area contributed by atoms with Crippen molar-refractivity contribution in [3.8, 4) is 5.75 Å². The van der Waals surface area contributed by atoms with Crippen LogP contribution in [0.2, 0.25) is 10.0 Å². The summed E-state index contributed by atoms with van der Waals surface area (Å²) in [6.45, 7) is 0.964. The Morgan fingerprint density at radius 3 is 2.77 bits per heavy atom. The Kier molecular flexibility index (Phi) is 6.49. The lowest BCUT2D eigenvalue weighted by atomic mass is 10.1. The summed E-state index contributed by atoms with van der Waals surface area (Å²) in [6.07, 6.45) is 4.52. The standard InChI is InChI=1S/C23H20Cl2N2O4/c24-17-3-6-21(19(25)13-17)31-10-1-2-22(28)26-18-4-5-20-15(12-18)7-9-27(20)23(29)16-8-11-30-14-16/h3-6,8,11-14H,1-2,7,9-10H2,(H,26,28). The summed E-state index contributed by atoms with van der Waals surface area (Å²) in [4.78, 5) is 26.6. The molecule has 1 aromatic heterocycles. The van der Waals surface area contributed by atoms with Crippen molar-refractivity contribution in [1.29, 1.82) is 0 Å². The minimum Gasteiger partial charge on any atom is -0.492 e. The van der Waals surface area contributed by atoms with Gasteiger partial charge < -0.3 is 19.4 Å². The van der Waals surface area contributed by atoms with Crippen molar-refractivity contribution in [2.75, 3.05) is 23.4 Å². The van der Waals surface area contributed by atoms with Gasteiger partial charge in [-0.05, 0) is 60.9 Å². The van der Waals surface area contributed by atoms with Gasteiger partial charge in [-0.2, -0.15) is 0 Å². The van der Waals surface area contributed by atoms with E-state index >= 15 is 0 Å². The highest BCUT2D eigenvalue weighted by Gasteiger charge is 2.26. The lowest BCUT2D eigenvalue weighted by Crippen LogP contribution is -2.28. The average Bonchev–Trinajstić information content (AvgIpc) is 3.42. The summed E-state index contributed by atoms with van der Waals surface area (Å²) < 4.78 is 10.6. The second-order valence-corrected chi connectivity index (χ2v) is 7.98. The minimum absolute atomic E-state index is 0.0925. The Labute approximate surface area is 189 Å². The molecule has 2 amide bonds. The van der Waals surface area contributed by atoms with Crippen molar-refractivity contribution in [1.82, 2.24) is 0 Å². The Hall–Kier alpha value is -2.96. The molecule has 1 aliphatic heterocycles. The summed E-state index contributed by atoms with van der Waals surface area (Å²) in [7, 11) is 0. The van der Waals surface area contributed by atoms with Crippen molar-refractivity contribution in [2.45, 2.75) is 19.3 Å². The van der Waals surface area contributed by atoms with E-state index in [1.807, 2.05) is 18.2 Å². The van der Waals surface area contributed by atoms with Gasteiger partial charge in [0.1, 0.15) is 12.0 Å². The molecule has 160 valence electrons. The van der Waals surface area contributed by atoms with Crippen LogP contribution in [0.15, 0.2) is 59.4 Å². The lowest BCUT2D eigenvalue weighted by Gasteiger charge is -2.16. The van der Waals surface area contributed by atoms with E-state index in [0.29, 0.717) is 53.0 Å². The van der Waals surface area contributed by atoms with Crippen LogP contribution >= 0.6 is 23.2 Å². The molecule has 2 aromatic carbocycles. The van der Waals surface area contributed by atoms with Crippen LogP contribution in [0.25, 0.3) is 0 Å². The van der Waals surface area contributed by atoms with E-state index in [9.17, 15) is 9.59 Å². The van der Waals surface area contributed by atoms with Crippen molar-refractivity contribution < 1.29 is 18.7 Å². The van der Waals surface area contributed by atoms with Gasteiger partial charge in [0, 0.05) is 29.4 Å². The highest BCUT2D eigenvalue weighted by atomic mass is 35.5. The molecule has 0 spiro atoms. The third kappa shape index (κ3) is 5.03. The molecule has 0 unspecified atom stereocenters. The van der Waals surface area contributed by atoms with E-state index in [4.69, 9.17) is 32.4 Å². The van der Waals surface area contributed by atoms with Gasteiger partial charge in [0.2, 0.25) is 5.91 Å². The second kappa shape index (κ2) is 9.45. The zero-order valence-corrected chi connectivity index (χ0v) is 18.1. The third-order valence-electron chi connectivity index (χ3n) is 4.97. The largest absolute Gasteiger partial charge is 0.492 e. The first-order valence-corrected chi connectivity index (χ1v) is 10.6. The fraction of sp³-hybridized carbons (Fsp3) is 0.217. The maximum atomic E-state index is 12.6. The highest BCUT2D eigenvalue weighted by molar-refractivity contribution is 6.35. The Balaban J connectivity index is 1.28. The molecule has 0 saturated heterocycles. The van der Waals surface area contributed by atoms with Gasteiger partial charge in [-0.15, -0.1) is 0 Å². The number of carbonyl (C=O) groups is 2. The second-order valence-electron chi connectivity index (χ2n) is 7.14. The first-order chi connectivity index (χ1) is 15.0. The monoisotopic (exact) mass is 458 g/mol. The van der Waals surface area contributed by atoms with E-state index in [0.717, 1.165) is 17.7 Å². The first kappa shape index (κ1) is 21.3. The Morgan fingerprint density at radius 1 is 1.13 bits per heavy atom. The number of anilines is 2. The predicted octanol–water partition coefficient (Wildman–Crippen LogP) is 5.59. The van der Waals surface area contributed by atoms with Crippen molar-refractivity contribution in [2.24, 2.45) is 0 Å². The maximum absolute atomic E-state index is 12.6. The molecule has 4 rings (SSSR count). The topological polar surface area (TPSA) is 71.8 Å². The van der Waals surface area contributed by atoms with Crippen LogP contribution in [0.1, 0.15) is 28.8 Å². The van der Waals surface area contributed by atoms with Crippen LogP contribution in [0.4, 0.5) is 11.4 Å².